The third-order valence-electron chi connectivity index (χ3n) is 1.17. The van der Waals surface area contributed by atoms with Crippen LogP contribution in [0.1, 0.15) is 25.6 Å². The number of nitrogens with two attached hydrogens (primary N) is 1. The molecule has 60 valence electrons. The summed E-state index contributed by atoms with van der Waals surface area (Å²) in [5.41, 5.74) is 5.12. The molecule has 0 aromatic carbocycles. The molecule has 1 aromatic rings. The van der Waals surface area contributed by atoms with Crippen molar-refractivity contribution in [2.75, 3.05) is 0 Å². The number of aromatic nitrogens is 2. The number of hydrogen-bond acceptors (Lipinski definition) is 4. The first-order chi connectivity index (χ1) is 5.04. The molecule has 0 aliphatic rings. The van der Waals surface area contributed by atoms with Crippen LogP contribution in [-0.2, 0) is 5.54 Å². The average molecular weight is 153 g/mol. The molecule has 0 spiro atoms. The monoisotopic (exact) mass is 153 g/mol. The van der Waals surface area contributed by atoms with Crippen LogP contribution in [0.25, 0.3) is 6.08 Å². The van der Waals surface area contributed by atoms with Gasteiger partial charge in [0.1, 0.15) is 0 Å². The van der Waals surface area contributed by atoms with Gasteiger partial charge in [0.2, 0.25) is 11.8 Å². The maximum atomic E-state index is 5.69. The lowest BCUT2D eigenvalue weighted by atomic mass is 10.1. The Balaban J connectivity index is 2.98. The van der Waals surface area contributed by atoms with Gasteiger partial charge in [-0.25, -0.2) is 0 Å². The Hall–Kier alpha value is -1.16. The molecule has 2 N–H and O–H groups in total. The molecular weight excluding hydrogens is 142 g/mol. The minimum absolute atomic E-state index is 0.401. The largest absolute Gasteiger partial charge is 0.419 e. The van der Waals surface area contributed by atoms with E-state index in [1.54, 1.807) is 13.8 Å². The van der Waals surface area contributed by atoms with Crippen molar-refractivity contribution in [2.24, 2.45) is 5.73 Å². The van der Waals surface area contributed by atoms with Gasteiger partial charge in [-0.15, -0.1) is 10.2 Å². The zero-order valence-corrected chi connectivity index (χ0v) is 6.66. The van der Waals surface area contributed by atoms with E-state index in [-0.39, 0.29) is 0 Å². The molecule has 0 aliphatic heterocycles. The van der Waals surface area contributed by atoms with Crippen LogP contribution in [0, 0.1) is 0 Å². The molecule has 4 nitrogen and oxygen atoms in total. The third-order valence-corrected chi connectivity index (χ3v) is 1.17. The minimum Gasteiger partial charge on any atom is -0.419 e. The Bertz CT molecular complexity index is 259. The van der Waals surface area contributed by atoms with E-state index in [2.05, 4.69) is 16.8 Å². The summed E-state index contributed by atoms with van der Waals surface area (Å²) >= 11 is 0. The summed E-state index contributed by atoms with van der Waals surface area (Å²) in [6, 6.07) is 0. The molecule has 1 aromatic heterocycles. The van der Waals surface area contributed by atoms with Crippen molar-refractivity contribution in [2.45, 2.75) is 19.4 Å². The molecule has 4 heteroatoms. The van der Waals surface area contributed by atoms with Crippen LogP contribution in [-0.4, -0.2) is 10.2 Å². The highest BCUT2D eigenvalue weighted by molar-refractivity contribution is 5.32. The third kappa shape index (κ3) is 1.65. The van der Waals surface area contributed by atoms with Crippen molar-refractivity contribution in [3.63, 3.8) is 0 Å². The van der Waals surface area contributed by atoms with Gasteiger partial charge < -0.3 is 10.2 Å². The molecule has 0 saturated heterocycles. The van der Waals surface area contributed by atoms with Gasteiger partial charge >= 0.3 is 0 Å². The number of hydrogen-bond donors (Lipinski definition) is 1. The predicted molar refractivity (Wildman–Crippen MR) is 41.6 cm³/mol. The van der Waals surface area contributed by atoms with Crippen molar-refractivity contribution in [1.29, 1.82) is 0 Å². The van der Waals surface area contributed by atoms with Gasteiger partial charge in [0.25, 0.3) is 0 Å². The lowest BCUT2D eigenvalue weighted by Gasteiger charge is -2.11. The van der Waals surface area contributed by atoms with E-state index in [1.165, 1.54) is 6.08 Å². The predicted octanol–water partition coefficient (Wildman–Crippen LogP) is 0.906. The van der Waals surface area contributed by atoms with Crippen molar-refractivity contribution < 1.29 is 4.42 Å². The highest BCUT2D eigenvalue weighted by atomic mass is 16.4. The van der Waals surface area contributed by atoms with E-state index in [4.69, 9.17) is 10.2 Å². The number of rotatable bonds is 2. The molecule has 1 heterocycles. The zero-order valence-electron chi connectivity index (χ0n) is 6.66. The topological polar surface area (TPSA) is 64.9 Å². The van der Waals surface area contributed by atoms with E-state index in [0.29, 0.717) is 11.8 Å². The molecule has 0 aliphatic carbocycles. The minimum atomic E-state index is -0.575. The summed E-state index contributed by atoms with van der Waals surface area (Å²) < 4.78 is 5.13. The Morgan fingerprint density at radius 2 is 2.18 bits per heavy atom. The lowest BCUT2D eigenvalue weighted by molar-refractivity contribution is 0.375. The summed E-state index contributed by atoms with van der Waals surface area (Å²) in [5.74, 6) is 0.825. The van der Waals surface area contributed by atoms with Gasteiger partial charge in [-0.1, -0.05) is 6.58 Å². The molecule has 0 saturated carbocycles. The molecule has 11 heavy (non-hydrogen) atoms. The number of nitrogens with zero attached hydrogens (tertiary/aromatic N) is 2. The standard InChI is InChI=1S/C7H11N3O/c1-4-5-9-10-6(11-5)7(2,3)8/h4H,1,8H2,2-3H3. The molecular formula is C7H11N3O. The van der Waals surface area contributed by atoms with Crippen molar-refractivity contribution in [3.05, 3.63) is 18.4 Å². The van der Waals surface area contributed by atoms with Gasteiger partial charge in [-0.2, -0.15) is 0 Å². The molecule has 1 rings (SSSR count). The van der Waals surface area contributed by atoms with Crippen LogP contribution >= 0.6 is 0 Å². The Labute approximate surface area is 65.1 Å². The van der Waals surface area contributed by atoms with Crippen LogP contribution in [0.2, 0.25) is 0 Å². The van der Waals surface area contributed by atoms with Crippen LogP contribution in [0.5, 0.6) is 0 Å². The van der Waals surface area contributed by atoms with Crippen LogP contribution in [0.4, 0.5) is 0 Å². The van der Waals surface area contributed by atoms with Crippen molar-refractivity contribution in [3.8, 4) is 0 Å². The van der Waals surface area contributed by atoms with Gasteiger partial charge in [-0.3, -0.25) is 0 Å². The van der Waals surface area contributed by atoms with E-state index >= 15 is 0 Å². The molecule has 0 bridgehead atoms. The first-order valence-electron chi connectivity index (χ1n) is 3.29. The fourth-order valence-corrected chi connectivity index (χ4v) is 0.577. The Morgan fingerprint density at radius 3 is 2.45 bits per heavy atom. The van der Waals surface area contributed by atoms with Gasteiger partial charge in [-0.05, 0) is 19.9 Å². The summed E-state index contributed by atoms with van der Waals surface area (Å²) in [5, 5.41) is 7.43. The van der Waals surface area contributed by atoms with Crippen LogP contribution in [0.3, 0.4) is 0 Å². The molecule has 0 unspecified atom stereocenters. The molecule has 0 amide bonds. The van der Waals surface area contributed by atoms with E-state index < -0.39 is 5.54 Å². The van der Waals surface area contributed by atoms with Crippen LogP contribution < -0.4 is 5.73 Å². The average Bonchev–Trinajstić information content (AvgIpc) is 2.32. The maximum absolute atomic E-state index is 5.69. The molecule has 0 atom stereocenters. The molecule has 0 radical (unpaired) electrons. The van der Waals surface area contributed by atoms with Crippen molar-refractivity contribution in [1.82, 2.24) is 10.2 Å². The summed E-state index contributed by atoms with van der Waals surface area (Å²) in [6.45, 7) is 7.09. The quantitative estimate of drug-likeness (QED) is 0.685. The van der Waals surface area contributed by atoms with Gasteiger partial charge in [0, 0.05) is 0 Å². The normalized spacial score (nSPS) is 11.5. The second-order valence-electron chi connectivity index (χ2n) is 2.87. The van der Waals surface area contributed by atoms with Crippen LogP contribution in [0.15, 0.2) is 11.0 Å². The second-order valence-corrected chi connectivity index (χ2v) is 2.87. The van der Waals surface area contributed by atoms with Gasteiger partial charge in [0.05, 0.1) is 5.54 Å². The highest BCUT2D eigenvalue weighted by Gasteiger charge is 2.20. The van der Waals surface area contributed by atoms with E-state index in [1.807, 2.05) is 0 Å². The van der Waals surface area contributed by atoms with E-state index in [0.717, 1.165) is 0 Å². The smallest absolute Gasteiger partial charge is 0.240 e. The summed E-state index contributed by atoms with van der Waals surface area (Å²) in [4.78, 5) is 0. The Kier molecular flexibility index (Phi) is 1.78. The zero-order chi connectivity index (χ0) is 8.48. The molecule has 0 fully saturated rings. The van der Waals surface area contributed by atoms with E-state index in [9.17, 15) is 0 Å². The Morgan fingerprint density at radius 1 is 1.55 bits per heavy atom. The van der Waals surface area contributed by atoms with Gasteiger partial charge in [0.15, 0.2) is 0 Å². The first kappa shape index (κ1) is 7.94. The fraction of sp³-hybridized carbons (Fsp3) is 0.429. The summed E-state index contributed by atoms with van der Waals surface area (Å²) in [6.07, 6.45) is 1.49. The first-order valence-corrected chi connectivity index (χ1v) is 3.29. The fourth-order valence-electron chi connectivity index (χ4n) is 0.577. The summed E-state index contributed by atoms with van der Waals surface area (Å²) in [7, 11) is 0. The SMILES string of the molecule is C=Cc1nnc(C(C)(C)N)o1. The second kappa shape index (κ2) is 2.47. The van der Waals surface area contributed by atoms with Crippen molar-refractivity contribution >= 4 is 6.08 Å². The lowest BCUT2D eigenvalue weighted by Crippen LogP contribution is -2.29. The highest BCUT2D eigenvalue weighted by Crippen LogP contribution is 2.14. The maximum Gasteiger partial charge on any atom is 0.240 e.